The summed E-state index contributed by atoms with van der Waals surface area (Å²) in [7, 11) is 0. The Bertz CT molecular complexity index is 541. The molecule has 0 aliphatic carbocycles. The Morgan fingerprint density at radius 3 is 3.00 bits per heavy atom. The van der Waals surface area contributed by atoms with Gasteiger partial charge in [-0.1, -0.05) is 6.07 Å². The number of nitriles is 1. The van der Waals surface area contributed by atoms with Crippen LogP contribution in [-0.4, -0.2) is 4.98 Å². The molecule has 2 rings (SSSR count). The van der Waals surface area contributed by atoms with E-state index in [0.29, 0.717) is 10.6 Å². The molecule has 0 spiro atoms. The number of nitrogens with two attached hydrogens (primary N) is 1. The molecule has 86 valence electrons. The molecular formula is C12H12N4S. The van der Waals surface area contributed by atoms with E-state index in [9.17, 15) is 0 Å². The molecule has 4 nitrogen and oxygen atoms in total. The molecule has 1 unspecified atom stereocenters. The minimum atomic E-state index is 0.133. The quantitative estimate of drug-likeness (QED) is 0.870. The monoisotopic (exact) mass is 244 g/mol. The topological polar surface area (TPSA) is 74.7 Å². The number of nitrogens with zero attached hydrogens (tertiary/aromatic N) is 2. The van der Waals surface area contributed by atoms with E-state index in [4.69, 9.17) is 11.0 Å². The fourth-order valence-corrected chi connectivity index (χ4v) is 2.36. The summed E-state index contributed by atoms with van der Waals surface area (Å²) in [5, 5.41) is 13.0. The van der Waals surface area contributed by atoms with E-state index in [-0.39, 0.29) is 6.04 Å². The fraction of sp³-hybridized carbons (Fsp3) is 0.167. The number of aromatic nitrogens is 1. The number of hydrogen-bond donors (Lipinski definition) is 2. The number of nitrogen functional groups attached to an aromatic ring is 1. The zero-order valence-electron chi connectivity index (χ0n) is 9.34. The van der Waals surface area contributed by atoms with Crippen LogP contribution in [0.1, 0.15) is 23.4 Å². The Morgan fingerprint density at radius 1 is 1.59 bits per heavy atom. The van der Waals surface area contributed by atoms with Crippen LogP contribution in [0, 0.1) is 11.3 Å². The normalized spacial score (nSPS) is 11.8. The van der Waals surface area contributed by atoms with Crippen LogP contribution in [0.5, 0.6) is 0 Å². The maximum absolute atomic E-state index is 8.83. The van der Waals surface area contributed by atoms with Crippen molar-refractivity contribution in [3.63, 3.8) is 0 Å². The van der Waals surface area contributed by atoms with Crippen molar-refractivity contribution >= 4 is 22.0 Å². The van der Waals surface area contributed by atoms with Gasteiger partial charge in [-0.05, 0) is 24.6 Å². The van der Waals surface area contributed by atoms with Gasteiger partial charge in [0.25, 0.3) is 0 Å². The number of pyridine rings is 1. The zero-order chi connectivity index (χ0) is 12.3. The lowest BCUT2D eigenvalue weighted by Gasteiger charge is -2.12. The number of anilines is 2. The Morgan fingerprint density at radius 2 is 2.41 bits per heavy atom. The van der Waals surface area contributed by atoms with Gasteiger partial charge < -0.3 is 11.1 Å². The first-order chi connectivity index (χ1) is 8.20. The Labute approximate surface area is 104 Å². The van der Waals surface area contributed by atoms with E-state index in [1.165, 1.54) is 11.3 Å². The Kier molecular flexibility index (Phi) is 3.26. The van der Waals surface area contributed by atoms with E-state index in [1.807, 2.05) is 25.3 Å². The lowest BCUT2D eigenvalue weighted by Crippen LogP contribution is -2.05. The van der Waals surface area contributed by atoms with E-state index in [0.717, 1.165) is 10.6 Å². The number of hydrogen-bond acceptors (Lipinski definition) is 5. The first-order valence-corrected chi connectivity index (χ1v) is 5.98. The van der Waals surface area contributed by atoms with Crippen molar-refractivity contribution in [2.75, 3.05) is 11.1 Å². The summed E-state index contributed by atoms with van der Waals surface area (Å²) < 4.78 is 0. The van der Waals surface area contributed by atoms with Crippen LogP contribution in [0.3, 0.4) is 0 Å². The zero-order valence-corrected chi connectivity index (χ0v) is 10.2. The van der Waals surface area contributed by atoms with E-state index in [2.05, 4.69) is 16.4 Å². The van der Waals surface area contributed by atoms with Gasteiger partial charge in [0.05, 0.1) is 16.7 Å². The number of rotatable bonds is 3. The van der Waals surface area contributed by atoms with Gasteiger partial charge in [-0.25, -0.2) is 0 Å². The van der Waals surface area contributed by atoms with Crippen molar-refractivity contribution in [3.8, 4) is 6.07 Å². The highest BCUT2D eigenvalue weighted by Gasteiger charge is 2.09. The average Bonchev–Trinajstić information content (AvgIpc) is 2.70. The maximum atomic E-state index is 8.83. The van der Waals surface area contributed by atoms with Crippen LogP contribution < -0.4 is 11.1 Å². The van der Waals surface area contributed by atoms with Gasteiger partial charge in [0.15, 0.2) is 0 Å². The predicted molar refractivity (Wildman–Crippen MR) is 69.7 cm³/mol. The first-order valence-electron chi connectivity index (χ1n) is 5.16. The summed E-state index contributed by atoms with van der Waals surface area (Å²) in [4.78, 5) is 4.62. The predicted octanol–water partition coefficient (Wildman–Crippen LogP) is 2.77. The van der Waals surface area contributed by atoms with Crippen LogP contribution in [-0.2, 0) is 0 Å². The highest BCUT2D eigenvalue weighted by Crippen LogP contribution is 2.30. The second-order valence-electron chi connectivity index (χ2n) is 3.66. The molecule has 2 aromatic rings. The van der Waals surface area contributed by atoms with Gasteiger partial charge in [0, 0.05) is 12.4 Å². The summed E-state index contributed by atoms with van der Waals surface area (Å²) >= 11 is 1.36. The molecule has 0 aromatic carbocycles. The molecular weight excluding hydrogens is 232 g/mol. The van der Waals surface area contributed by atoms with Crippen molar-refractivity contribution in [2.24, 2.45) is 0 Å². The van der Waals surface area contributed by atoms with Crippen LogP contribution in [0.2, 0.25) is 0 Å². The van der Waals surface area contributed by atoms with Crippen molar-refractivity contribution < 1.29 is 0 Å². The average molecular weight is 244 g/mol. The third-order valence-electron chi connectivity index (χ3n) is 2.41. The minimum Gasteiger partial charge on any atom is -0.397 e. The Hall–Kier alpha value is -2.06. The third kappa shape index (κ3) is 2.55. The summed E-state index contributed by atoms with van der Waals surface area (Å²) in [5.41, 5.74) is 7.32. The van der Waals surface area contributed by atoms with Crippen molar-refractivity contribution in [3.05, 3.63) is 41.0 Å². The fourth-order valence-electron chi connectivity index (χ4n) is 1.49. The lowest BCUT2D eigenvalue weighted by atomic mass is 10.1. The third-order valence-corrected chi connectivity index (χ3v) is 3.39. The van der Waals surface area contributed by atoms with Crippen LogP contribution in [0.4, 0.5) is 10.7 Å². The van der Waals surface area contributed by atoms with Gasteiger partial charge in [0.1, 0.15) is 10.9 Å². The number of thiophene rings is 1. The molecule has 0 fully saturated rings. The van der Waals surface area contributed by atoms with E-state index >= 15 is 0 Å². The van der Waals surface area contributed by atoms with E-state index < -0.39 is 0 Å². The van der Waals surface area contributed by atoms with Crippen LogP contribution in [0.15, 0.2) is 30.6 Å². The first kappa shape index (κ1) is 11.4. The molecule has 0 aliphatic rings. The van der Waals surface area contributed by atoms with Crippen molar-refractivity contribution in [1.29, 1.82) is 5.26 Å². The second-order valence-corrected chi connectivity index (χ2v) is 4.71. The number of nitrogens with one attached hydrogen (secondary N) is 1. The van der Waals surface area contributed by atoms with E-state index in [1.54, 1.807) is 12.3 Å². The molecule has 0 radical (unpaired) electrons. The Balaban J connectivity index is 2.14. The highest BCUT2D eigenvalue weighted by atomic mass is 32.1. The van der Waals surface area contributed by atoms with Gasteiger partial charge in [0.2, 0.25) is 0 Å². The summed E-state index contributed by atoms with van der Waals surface area (Å²) in [5.74, 6) is 0. The molecule has 17 heavy (non-hydrogen) atoms. The largest absolute Gasteiger partial charge is 0.397 e. The standard InChI is InChI=1S/C12H12N4S/c1-8(9-3-2-4-15-7-9)16-12-5-10(14)11(6-13)17-12/h2-5,7-8,16H,14H2,1H3. The minimum absolute atomic E-state index is 0.133. The molecule has 0 bridgehead atoms. The van der Waals surface area contributed by atoms with Crippen molar-refractivity contribution in [1.82, 2.24) is 4.98 Å². The molecule has 0 amide bonds. The highest BCUT2D eigenvalue weighted by molar-refractivity contribution is 7.17. The smallest absolute Gasteiger partial charge is 0.129 e. The summed E-state index contributed by atoms with van der Waals surface area (Å²) in [6.45, 7) is 2.04. The SMILES string of the molecule is CC(Nc1cc(N)c(C#N)s1)c1cccnc1. The maximum Gasteiger partial charge on any atom is 0.129 e. The molecule has 2 aromatic heterocycles. The van der Waals surface area contributed by atoms with Gasteiger partial charge in [-0.3, -0.25) is 4.98 Å². The lowest BCUT2D eigenvalue weighted by molar-refractivity contribution is 0.880. The molecule has 0 saturated heterocycles. The van der Waals surface area contributed by atoms with Crippen LogP contribution >= 0.6 is 11.3 Å². The summed E-state index contributed by atoms with van der Waals surface area (Å²) in [6.07, 6.45) is 3.56. The molecule has 3 N–H and O–H groups in total. The molecule has 2 heterocycles. The molecule has 0 saturated carbocycles. The second kappa shape index (κ2) is 4.85. The molecule has 5 heteroatoms. The van der Waals surface area contributed by atoms with Gasteiger partial charge in [-0.2, -0.15) is 5.26 Å². The molecule has 1 atom stereocenters. The summed E-state index contributed by atoms with van der Waals surface area (Å²) in [6, 6.07) is 7.90. The van der Waals surface area contributed by atoms with Gasteiger partial charge >= 0.3 is 0 Å². The van der Waals surface area contributed by atoms with Gasteiger partial charge in [-0.15, -0.1) is 11.3 Å². The van der Waals surface area contributed by atoms with Crippen LogP contribution in [0.25, 0.3) is 0 Å². The van der Waals surface area contributed by atoms with Crippen molar-refractivity contribution in [2.45, 2.75) is 13.0 Å². The molecule has 0 aliphatic heterocycles.